The number of rotatable bonds is 3. The first-order valence-electron chi connectivity index (χ1n) is 4.72. The van der Waals surface area contributed by atoms with Gasteiger partial charge in [-0.1, -0.05) is 15.9 Å². The largest absolute Gasteiger partial charge is 0.265 e. The van der Waals surface area contributed by atoms with Crippen molar-refractivity contribution in [1.29, 1.82) is 0 Å². The molecule has 0 atom stereocenters. The first kappa shape index (κ1) is 11.6. The van der Waals surface area contributed by atoms with Crippen LogP contribution in [0.5, 0.6) is 0 Å². The van der Waals surface area contributed by atoms with Crippen molar-refractivity contribution >= 4 is 27.7 Å². The summed E-state index contributed by atoms with van der Waals surface area (Å²) in [6.45, 7) is 0. The number of hydrogen-bond acceptors (Lipinski definition) is 2. The van der Waals surface area contributed by atoms with Crippen LogP contribution in [-0.4, -0.2) is 4.98 Å². The molecule has 0 radical (unpaired) electrons. The van der Waals surface area contributed by atoms with Crippen molar-refractivity contribution in [1.82, 2.24) is 4.98 Å². The molecule has 0 amide bonds. The van der Waals surface area contributed by atoms with E-state index in [-0.39, 0.29) is 5.82 Å². The lowest BCUT2D eigenvalue weighted by Crippen LogP contribution is -1.84. The number of pyridine rings is 1. The van der Waals surface area contributed by atoms with Gasteiger partial charge in [0, 0.05) is 27.5 Å². The predicted octanol–water partition coefficient (Wildman–Crippen LogP) is 4.28. The van der Waals surface area contributed by atoms with Gasteiger partial charge in [0.25, 0.3) is 0 Å². The molecular formula is C12H9BrFNS. The minimum absolute atomic E-state index is 0.209. The van der Waals surface area contributed by atoms with Crippen LogP contribution in [0, 0.1) is 5.82 Å². The highest BCUT2D eigenvalue weighted by Crippen LogP contribution is 2.24. The highest BCUT2D eigenvalue weighted by atomic mass is 79.9. The summed E-state index contributed by atoms with van der Waals surface area (Å²) in [4.78, 5) is 5.08. The molecule has 0 aliphatic rings. The van der Waals surface area contributed by atoms with E-state index in [0.717, 1.165) is 20.7 Å². The van der Waals surface area contributed by atoms with Gasteiger partial charge in [-0.3, -0.25) is 4.98 Å². The summed E-state index contributed by atoms with van der Waals surface area (Å²) in [6, 6.07) is 8.83. The van der Waals surface area contributed by atoms with Crippen molar-refractivity contribution in [3.8, 4) is 0 Å². The Kier molecular flexibility index (Phi) is 3.96. The van der Waals surface area contributed by atoms with Crippen LogP contribution in [0.25, 0.3) is 0 Å². The zero-order valence-electron chi connectivity index (χ0n) is 8.36. The normalized spacial score (nSPS) is 10.4. The van der Waals surface area contributed by atoms with Crippen molar-refractivity contribution in [3.05, 3.63) is 58.6 Å². The topological polar surface area (TPSA) is 12.9 Å². The average Bonchev–Trinajstić information content (AvgIpc) is 2.27. The molecule has 1 heterocycles. The van der Waals surface area contributed by atoms with Crippen LogP contribution >= 0.6 is 27.7 Å². The van der Waals surface area contributed by atoms with E-state index in [1.807, 2.05) is 18.2 Å². The van der Waals surface area contributed by atoms with E-state index in [1.165, 1.54) is 6.07 Å². The Balaban J connectivity index is 2.05. The summed E-state index contributed by atoms with van der Waals surface area (Å²) in [6.07, 6.45) is 3.51. The van der Waals surface area contributed by atoms with Gasteiger partial charge in [0.05, 0.1) is 0 Å². The van der Waals surface area contributed by atoms with Crippen LogP contribution in [0.15, 0.2) is 52.1 Å². The molecule has 0 aliphatic heterocycles. The monoisotopic (exact) mass is 297 g/mol. The fourth-order valence-corrected chi connectivity index (χ4v) is 2.62. The number of halogens is 2. The van der Waals surface area contributed by atoms with E-state index < -0.39 is 0 Å². The molecule has 0 N–H and O–H groups in total. The molecule has 4 heteroatoms. The van der Waals surface area contributed by atoms with Crippen molar-refractivity contribution < 1.29 is 4.39 Å². The lowest BCUT2D eigenvalue weighted by Gasteiger charge is -2.02. The number of aromatic nitrogens is 1. The van der Waals surface area contributed by atoms with Gasteiger partial charge in [0.2, 0.25) is 0 Å². The summed E-state index contributed by atoms with van der Waals surface area (Å²) >= 11 is 4.94. The van der Waals surface area contributed by atoms with E-state index in [2.05, 4.69) is 20.9 Å². The van der Waals surface area contributed by atoms with Gasteiger partial charge in [0.15, 0.2) is 0 Å². The molecule has 1 nitrogen and oxygen atoms in total. The van der Waals surface area contributed by atoms with Crippen LogP contribution in [0.2, 0.25) is 0 Å². The molecule has 0 bridgehead atoms. The third-order valence-electron chi connectivity index (χ3n) is 1.98. The molecule has 0 aliphatic carbocycles. The fourth-order valence-electron chi connectivity index (χ4n) is 1.30. The summed E-state index contributed by atoms with van der Waals surface area (Å²) < 4.78 is 13.9. The first-order valence-corrected chi connectivity index (χ1v) is 6.50. The lowest BCUT2D eigenvalue weighted by molar-refractivity contribution is 0.625. The van der Waals surface area contributed by atoms with E-state index in [9.17, 15) is 4.39 Å². The molecule has 0 fully saturated rings. The van der Waals surface area contributed by atoms with Gasteiger partial charge in [-0.15, -0.1) is 11.8 Å². The molecule has 82 valence electrons. The zero-order valence-corrected chi connectivity index (χ0v) is 10.8. The van der Waals surface area contributed by atoms with Crippen LogP contribution in [0.3, 0.4) is 0 Å². The van der Waals surface area contributed by atoms with E-state index in [1.54, 1.807) is 30.2 Å². The summed E-state index contributed by atoms with van der Waals surface area (Å²) in [5, 5.41) is 0. The van der Waals surface area contributed by atoms with Gasteiger partial charge in [-0.2, -0.15) is 0 Å². The second-order valence-corrected chi connectivity index (χ2v) is 5.21. The third-order valence-corrected chi connectivity index (χ3v) is 3.52. The highest BCUT2D eigenvalue weighted by molar-refractivity contribution is 9.10. The molecule has 16 heavy (non-hydrogen) atoms. The maximum atomic E-state index is 13.1. The van der Waals surface area contributed by atoms with Crippen molar-refractivity contribution in [2.24, 2.45) is 0 Å². The third kappa shape index (κ3) is 3.32. The number of hydrogen-bond donors (Lipinski definition) is 0. The zero-order chi connectivity index (χ0) is 11.4. The Bertz CT molecular complexity index is 455. The molecule has 0 unspecified atom stereocenters. The Morgan fingerprint density at radius 3 is 2.62 bits per heavy atom. The Morgan fingerprint density at radius 1 is 1.19 bits per heavy atom. The van der Waals surface area contributed by atoms with Gasteiger partial charge in [-0.25, -0.2) is 4.39 Å². The molecule has 1 aromatic heterocycles. The maximum absolute atomic E-state index is 13.1. The van der Waals surface area contributed by atoms with E-state index in [4.69, 9.17) is 0 Å². The number of thioether (sulfide) groups is 1. The Morgan fingerprint density at radius 2 is 1.94 bits per heavy atom. The predicted molar refractivity (Wildman–Crippen MR) is 67.9 cm³/mol. The molecule has 0 spiro atoms. The van der Waals surface area contributed by atoms with Crippen LogP contribution in [-0.2, 0) is 5.75 Å². The molecule has 1 aromatic carbocycles. The maximum Gasteiger partial charge on any atom is 0.124 e. The Hall–Kier alpha value is -0.870. The van der Waals surface area contributed by atoms with E-state index in [0.29, 0.717) is 0 Å². The first-order chi connectivity index (χ1) is 7.74. The highest BCUT2D eigenvalue weighted by Gasteiger charge is 2.00. The SMILES string of the molecule is Fc1cc(Br)cc(CSc2ccncc2)c1. The minimum Gasteiger partial charge on any atom is -0.265 e. The van der Waals surface area contributed by atoms with Crippen LogP contribution in [0.4, 0.5) is 4.39 Å². The van der Waals surface area contributed by atoms with Gasteiger partial charge in [0.1, 0.15) is 5.82 Å². The summed E-state index contributed by atoms with van der Waals surface area (Å²) in [5.74, 6) is 0.542. The second-order valence-electron chi connectivity index (χ2n) is 3.25. The van der Waals surface area contributed by atoms with Gasteiger partial charge >= 0.3 is 0 Å². The number of benzene rings is 1. The average molecular weight is 298 g/mol. The fraction of sp³-hybridized carbons (Fsp3) is 0.0833. The van der Waals surface area contributed by atoms with Crippen molar-refractivity contribution in [2.75, 3.05) is 0 Å². The quantitative estimate of drug-likeness (QED) is 0.785. The Labute approximate surface area is 106 Å². The molecule has 0 saturated heterocycles. The molecule has 2 rings (SSSR count). The van der Waals surface area contributed by atoms with Gasteiger partial charge in [-0.05, 0) is 35.9 Å². The lowest BCUT2D eigenvalue weighted by atomic mass is 10.2. The van der Waals surface area contributed by atoms with E-state index >= 15 is 0 Å². The molecular weight excluding hydrogens is 289 g/mol. The second kappa shape index (κ2) is 5.46. The van der Waals surface area contributed by atoms with Gasteiger partial charge < -0.3 is 0 Å². The molecule has 0 saturated carbocycles. The minimum atomic E-state index is -0.209. The summed E-state index contributed by atoms with van der Waals surface area (Å²) in [5.41, 5.74) is 0.966. The number of nitrogens with zero attached hydrogens (tertiary/aromatic N) is 1. The summed E-state index contributed by atoms with van der Waals surface area (Å²) in [7, 11) is 0. The van der Waals surface area contributed by atoms with Crippen LogP contribution in [0.1, 0.15) is 5.56 Å². The molecule has 2 aromatic rings. The van der Waals surface area contributed by atoms with Crippen molar-refractivity contribution in [2.45, 2.75) is 10.6 Å². The van der Waals surface area contributed by atoms with Crippen molar-refractivity contribution in [3.63, 3.8) is 0 Å². The smallest absolute Gasteiger partial charge is 0.124 e. The standard InChI is InChI=1S/C12H9BrFNS/c13-10-5-9(6-11(14)7-10)8-16-12-1-3-15-4-2-12/h1-7H,8H2. The van der Waals surface area contributed by atoms with Crippen LogP contribution < -0.4 is 0 Å².